The Morgan fingerprint density at radius 3 is 2.81 bits per heavy atom. The molecule has 0 saturated carbocycles. The number of ether oxygens (including phenoxy) is 1. The first kappa shape index (κ1) is 11.7. The minimum Gasteiger partial charge on any atom is -0.379 e. The van der Waals surface area contributed by atoms with Gasteiger partial charge in [0.15, 0.2) is 0 Å². The van der Waals surface area contributed by atoms with Crippen molar-refractivity contribution in [3.05, 3.63) is 28.5 Å². The number of carbonyl (C=O) groups is 1. The summed E-state index contributed by atoms with van der Waals surface area (Å²) < 4.78 is 6.02. The molecule has 16 heavy (non-hydrogen) atoms. The molecule has 2 heterocycles. The van der Waals surface area contributed by atoms with E-state index in [1.165, 1.54) is 0 Å². The van der Waals surface area contributed by atoms with Crippen LogP contribution in [0.4, 0.5) is 0 Å². The number of halogens is 1. The average Bonchev–Trinajstić information content (AvgIpc) is 2.31. The van der Waals surface area contributed by atoms with Crippen LogP contribution >= 0.6 is 15.9 Å². The Kier molecular flexibility index (Phi) is 4.04. The Labute approximate surface area is 103 Å². The maximum atomic E-state index is 11.2. The summed E-state index contributed by atoms with van der Waals surface area (Å²) in [4.78, 5) is 17.6. The number of hydrogen-bond acceptors (Lipinski definition) is 4. The van der Waals surface area contributed by atoms with E-state index in [1.54, 1.807) is 0 Å². The summed E-state index contributed by atoms with van der Waals surface area (Å²) in [7, 11) is 0. The third-order valence-electron chi connectivity index (χ3n) is 2.61. The number of aldehydes is 1. The van der Waals surface area contributed by atoms with E-state index in [9.17, 15) is 4.79 Å². The van der Waals surface area contributed by atoms with Gasteiger partial charge in [-0.25, -0.2) is 4.98 Å². The van der Waals surface area contributed by atoms with Crippen LogP contribution in [-0.4, -0.2) is 42.5 Å². The SMILES string of the molecule is O=CC(c1cccc(Br)n1)N1CCOCC1. The van der Waals surface area contributed by atoms with E-state index in [0.29, 0.717) is 13.2 Å². The number of nitrogens with zero attached hydrogens (tertiary/aromatic N) is 2. The molecule has 1 aromatic heterocycles. The van der Waals surface area contributed by atoms with Gasteiger partial charge in [-0.15, -0.1) is 0 Å². The highest BCUT2D eigenvalue weighted by Gasteiger charge is 2.22. The lowest BCUT2D eigenvalue weighted by Gasteiger charge is -2.30. The molecule has 1 unspecified atom stereocenters. The van der Waals surface area contributed by atoms with Crippen molar-refractivity contribution in [1.29, 1.82) is 0 Å². The smallest absolute Gasteiger partial charge is 0.143 e. The Hall–Kier alpha value is -0.780. The molecule has 0 N–H and O–H groups in total. The highest BCUT2D eigenvalue weighted by molar-refractivity contribution is 9.10. The molecule has 0 spiro atoms. The van der Waals surface area contributed by atoms with Crippen LogP contribution in [0.5, 0.6) is 0 Å². The Balaban J connectivity index is 2.17. The standard InChI is InChI=1S/C11H13BrN2O2/c12-11-3-1-2-9(13-11)10(8-15)14-4-6-16-7-5-14/h1-3,8,10H,4-7H2. The summed E-state index contributed by atoms with van der Waals surface area (Å²) in [6, 6.07) is 5.36. The van der Waals surface area contributed by atoms with Gasteiger partial charge in [0.05, 0.1) is 18.9 Å². The van der Waals surface area contributed by atoms with Crippen LogP contribution in [0.15, 0.2) is 22.8 Å². The van der Waals surface area contributed by atoms with E-state index in [2.05, 4.69) is 25.8 Å². The Morgan fingerprint density at radius 2 is 2.19 bits per heavy atom. The lowest BCUT2D eigenvalue weighted by atomic mass is 10.1. The Bertz CT molecular complexity index is 367. The van der Waals surface area contributed by atoms with E-state index in [4.69, 9.17) is 4.74 Å². The first-order chi connectivity index (χ1) is 7.81. The quantitative estimate of drug-likeness (QED) is 0.622. The third kappa shape index (κ3) is 2.66. The van der Waals surface area contributed by atoms with Crippen molar-refractivity contribution in [1.82, 2.24) is 9.88 Å². The Morgan fingerprint density at radius 1 is 1.44 bits per heavy atom. The number of carbonyl (C=O) groups excluding carboxylic acids is 1. The van der Waals surface area contributed by atoms with Crippen molar-refractivity contribution in [2.24, 2.45) is 0 Å². The fourth-order valence-electron chi connectivity index (χ4n) is 1.79. The molecule has 5 heteroatoms. The van der Waals surface area contributed by atoms with Crippen molar-refractivity contribution >= 4 is 22.2 Å². The molecule has 4 nitrogen and oxygen atoms in total. The predicted molar refractivity (Wildman–Crippen MR) is 63.1 cm³/mol. The minimum absolute atomic E-state index is 0.263. The molecule has 0 amide bonds. The van der Waals surface area contributed by atoms with Crippen molar-refractivity contribution in [3.63, 3.8) is 0 Å². The van der Waals surface area contributed by atoms with Gasteiger partial charge >= 0.3 is 0 Å². The molecule has 0 bridgehead atoms. The van der Waals surface area contributed by atoms with Gasteiger partial charge < -0.3 is 9.53 Å². The maximum Gasteiger partial charge on any atom is 0.143 e. The van der Waals surface area contributed by atoms with Crippen molar-refractivity contribution in [2.45, 2.75) is 6.04 Å². The summed E-state index contributed by atoms with van der Waals surface area (Å²) >= 11 is 3.31. The number of rotatable bonds is 3. The fourth-order valence-corrected chi connectivity index (χ4v) is 2.14. The van der Waals surface area contributed by atoms with Crippen molar-refractivity contribution in [3.8, 4) is 0 Å². The topological polar surface area (TPSA) is 42.4 Å². The average molecular weight is 285 g/mol. The number of morpholine rings is 1. The van der Waals surface area contributed by atoms with Gasteiger partial charge in [-0.1, -0.05) is 6.07 Å². The molecule has 0 aromatic carbocycles. The van der Waals surface area contributed by atoms with Crippen LogP contribution in [0.2, 0.25) is 0 Å². The zero-order valence-corrected chi connectivity index (χ0v) is 10.4. The van der Waals surface area contributed by atoms with Crippen molar-refractivity contribution in [2.75, 3.05) is 26.3 Å². The zero-order chi connectivity index (χ0) is 11.4. The van der Waals surface area contributed by atoms with Gasteiger partial charge in [0.2, 0.25) is 0 Å². The van der Waals surface area contributed by atoms with Crippen molar-refractivity contribution < 1.29 is 9.53 Å². The molecule has 1 fully saturated rings. The van der Waals surface area contributed by atoms with Crippen LogP contribution in [0.1, 0.15) is 11.7 Å². The molecule has 1 aromatic rings. The van der Waals surface area contributed by atoms with Crippen LogP contribution < -0.4 is 0 Å². The van der Waals surface area contributed by atoms with Gasteiger partial charge in [0.25, 0.3) is 0 Å². The van der Waals surface area contributed by atoms with Gasteiger partial charge in [0.1, 0.15) is 16.9 Å². The molecule has 2 rings (SSSR count). The van der Waals surface area contributed by atoms with Gasteiger partial charge in [-0.05, 0) is 28.1 Å². The number of pyridine rings is 1. The fraction of sp³-hybridized carbons (Fsp3) is 0.455. The molecule has 1 saturated heterocycles. The molecule has 0 aliphatic carbocycles. The van der Waals surface area contributed by atoms with E-state index < -0.39 is 0 Å². The van der Waals surface area contributed by atoms with Crippen LogP contribution in [0, 0.1) is 0 Å². The summed E-state index contributed by atoms with van der Waals surface area (Å²) in [6.45, 7) is 2.91. The van der Waals surface area contributed by atoms with E-state index in [1.807, 2.05) is 18.2 Å². The molecular formula is C11H13BrN2O2. The third-order valence-corrected chi connectivity index (χ3v) is 3.05. The minimum atomic E-state index is -0.263. The second-order valence-electron chi connectivity index (χ2n) is 3.61. The van der Waals surface area contributed by atoms with Gasteiger partial charge in [-0.3, -0.25) is 4.90 Å². The number of hydrogen-bond donors (Lipinski definition) is 0. The highest BCUT2D eigenvalue weighted by atomic mass is 79.9. The first-order valence-corrected chi connectivity index (χ1v) is 6.00. The zero-order valence-electron chi connectivity index (χ0n) is 8.80. The second-order valence-corrected chi connectivity index (χ2v) is 4.43. The van der Waals surface area contributed by atoms with E-state index in [0.717, 1.165) is 29.7 Å². The summed E-state index contributed by atoms with van der Waals surface area (Å²) in [6.07, 6.45) is 0.945. The van der Waals surface area contributed by atoms with Crippen LogP contribution in [0.25, 0.3) is 0 Å². The summed E-state index contributed by atoms with van der Waals surface area (Å²) in [5.74, 6) is 0. The van der Waals surface area contributed by atoms with E-state index in [-0.39, 0.29) is 6.04 Å². The van der Waals surface area contributed by atoms with Gasteiger partial charge in [0, 0.05) is 13.1 Å². The summed E-state index contributed by atoms with van der Waals surface area (Å²) in [5.41, 5.74) is 0.784. The molecule has 1 aliphatic heterocycles. The van der Waals surface area contributed by atoms with Gasteiger partial charge in [-0.2, -0.15) is 0 Å². The lowest BCUT2D eigenvalue weighted by molar-refractivity contribution is -0.114. The van der Waals surface area contributed by atoms with Crippen LogP contribution in [-0.2, 0) is 9.53 Å². The highest BCUT2D eigenvalue weighted by Crippen LogP contribution is 2.19. The molecule has 1 atom stereocenters. The monoisotopic (exact) mass is 284 g/mol. The van der Waals surface area contributed by atoms with E-state index >= 15 is 0 Å². The molecule has 1 aliphatic rings. The maximum absolute atomic E-state index is 11.2. The number of aromatic nitrogens is 1. The summed E-state index contributed by atoms with van der Waals surface area (Å²) in [5, 5.41) is 0. The first-order valence-electron chi connectivity index (χ1n) is 5.21. The van der Waals surface area contributed by atoms with Crippen LogP contribution in [0.3, 0.4) is 0 Å². The lowest BCUT2D eigenvalue weighted by Crippen LogP contribution is -2.40. The second kappa shape index (κ2) is 5.52. The molecular weight excluding hydrogens is 272 g/mol. The molecule has 86 valence electrons. The molecule has 0 radical (unpaired) electrons. The largest absolute Gasteiger partial charge is 0.379 e. The predicted octanol–water partition coefficient (Wildman–Crippen LogP) is 1.42. The normalized spacial score (nSPS) is 19.3.